The van der Waals surface area contributed by atoms with Crippen molar-refractivity contribution in [1.82, 2.24) is 19.8 Å². The number of hydrogen-bond acceptors (Lipinski definition) is 6. The molecule has 2 saturated heterocycles. The molecule has 2 aromatic heterocycles. The summed E-state index contributed by atoms with van der Waals surface area (Å²) < 4.78 is 13.6. The van der Waals surface area contributed by atoms with Gasteiger partial charge in [-0.3, -0.25) is 19.2 Å². The molecule has 0 unspecified atom stereocenters. The SMILES string of the molecule is O=c1cc(OCc2ccc(Cl)cn2)ccn1C1=Cc2ccc(CN3CCC4(CC3)CNCCO4)cc2CC1. The van der Waals surface area contributed by atoms with Crippen LogP contribution in [0.3, 0.4) is 0 Å². The number of morpholine rings is 1. The van der Waals surface area contributed by atoms with Crippen molar-refractivity contribution in [2.24, 2.45) is 0 Å². The van der Waals surface area contributed by atoms with Crippen molar-refractivity contribution < 1.29 is 9.47 Å². The van der Waals surface area contributed by atoms with Crippen LogP contribution in [-0.4, -0.2) is 52.8 Å². The molecule has 3 aliphatic rings. The summed E-state index contributed by atoms with van der Waals surface area (Å²) in [6.07, 6.45) is 9.45. The quantitative estimate of drug-likeness (QED) is 0.508. The summed E-state index contributed by atoms with van der Waals surface area (Å²) in [4.78, 5) is 19.7. The van der Waals surface area contributed by atoms with E-state index in [0.29, 0.717) is 10.8 Å². The zero-order chi connectivity index (χ0) is 26.0. The molecular weight excluding hydrogens is 500 g/mol. The second-order valence-electron chi connectivity index (χ2n) is 10.5. The van der Waals surface area contributed by atoms with Crippen molar-refractivity contribution in [2.75, 3.05) is 32.8 Å². The van der Waals surface area contributed by atoms with Crippen LogP contribution in [0.4, 0.5) is 0 Å². The molecule has 6 rings (SSSR count). The van der Waals surface area contributed by atoms with Gasteiger partial charge in [0.25, 0.3) is 5.56 Å². The van der Waals surface area contributed by atoms with Crippen molar-refractivity contribution in [3.63, 3.8) is 0 Å². The maximum absolute atomic E-state index is 12.9. The molecule has 1 aromatic carbocycles. The van der Waals surface area contributed by atoms with Crippen LogP contribution >= 0.6 is 11.6 Å². The zero-order valence-electron chi connectivity index (χ0n) is 21.5. The second-order valence-corrected chi connectivity index (χ2v) is 10.9. The Bertz CT molecular complexity index is 1370. The number of ether oxygens (including phenoxy) is 2. The number of pyridine rings is 2. The van der Waals surface area contributed by atoms with Gasteiger partial charge in [-0.25, -0.2) is 0 Å². The fourth-order valence-corrected chi connectivity index (χ4v) is 5.77. The van der Waals surface area contributed by atoms with Crippen LogP contribution < -0.4 is 15.6 Å². The number of allylic oxidation sites excluding steroid dienone is 1. The van der Waals surface area contributed by atoms with Gasteiger partial charge in [0.05, 0.1) is 22.9 Å². The molecular formula is C30H33ClN4O3. The first-order valence-corrected chi connectivity index (χ1v) is 13.8. The van der Waals surface area contributed by atoms with E-state index in [4.69, 9.17) is 21.1 Å². The predicted octanol–water partition coefficient (Wildman–Crippen LogP) is 4.37. The van der Waals surface area contributed by atoms with Gasteiger partial charge in [0.1, 0.15) is 12.4 Å². The van der Waals surface area contributed by atoms with Gasteiger partial charge >= 0.3 is 0 Å². The topological polar surface area (TPSA) is 68.6 Å². The van der Waals surface area contributed by atoms with Crippen LogP contribution in [0.5, 0.6) is 5.75 Å². The van der Waals surface area contributed by atoms with Gasteiger partial charge in [0.15, 0.2) is 0 Å². The maximum Gasteiger partial charge on any atom is 0.258 e. The Balaban J connectivity index is 1.09. The van der Waals surface area contributed by atoms with E-state index in [1.165, 1.54) is 22.8 Å². The molecule has 1 N–H and O–H groups in total. The van der Waals surface area contributed by atoms with Crippen molar-refractivity contribution in [3.8, 4) is 5.75 Å². The number of aryl methyl sites for hydroxylation is 1. The second kappa shape index (κ2) is 11.0. The molecule has 2 fully saturated rings. The highest BCUT2D eigenvalue weighted by atomic mass is 35.5. The molecule has 7 nitrogen and oxygen atoms in total. The molecule has 1 aliphatic carbocycles. The molecule has 0 atom stereocenters. The Kier molecular flexibility index (Phi) is 7.34. The van der Waals surface area contributed by atoms with Crippen molar-refractivity contribution in [2.45, 2.75) is 44.4 Å². The van der Waals surface area contributed by atoms with Crippen LogP contribution in [0.25, 0.3) is 11.8 Å². The number of halogens is 1. The third-order valence-corrected chi connectivity index (χ3v) is 8.09. The summed E-state index contributed by atoms with van der Waals surface area (Å²) in [7, 11) is 0. The average Bonchev–Trinajstić information content (AvgIpc) is 2.94. The third-order valence-electron chi connectivity index (χ3n) is 7.86. The number of likely N-dealkylation sites (tertiary alicyclic amines) is 1. The van der Waals surface area contributed by atoms with Crippen LogP contribution in [0, 0.1) is 0 Å². The minimum absolute atomic E-state index is 0.0438. The van der Waals surface area contributed by atoms with Gasteiger partial charge in [-0.1, -0.05) is 29.8 Å². The predicted molar refractivity (Wildman–Crippen MR) is 149 cm³/mol. The number of fused-ring (bicyclic) bond motifs is 1. The number of aromatic nitrogens is 2. The van der Waals surface area contributed by atoms with E-state index in [1.807, 2.05) is 12.1 Å². The summed E-state index contributed by atoms with van der Waals surface area (Å²) in [6, 6.07) is 13.7. The summed E-state index contributed by atoms with van der Waals surface area (Å²) in [5.74, 6) is 0.527. The Hall–Kier alpha value is -2.97. The number of rotatable bonds is 6. The maximum atomic E-state index is 12.9. The van der Waals surface area contributed by atoms with E-state index in [-0.39, 0.29) is 17.8 Å². The molecule has 198 valence electrons. The summed E-state index contributed by atoms with van der Waals surface area (Å²) in [6.45, 7) is 6.17. The highest BCUT2D eigenvalue weighted by Crippen LogP contribution is 2.30. The lowest BCUT2D eigenvalue weighted by Gasteiger charge is -2.44. The fourth-order valence-electron chi connectivity index (χ4n) is 5.66. The van der Waals surface area contributed by atoms with Crippen LogP contribution in [0.2, 0.25) is 5.02 Å². The highest BCUT2D eigenvalue weighted by Gasteiger charge is 2.36. The molecule has 0 bridgehead atoms. The first kappa shape index (κ1) is 25.3. The van der Waals surface area contributed by atoms with Gasteiger partial charge < -0.3 is 14.8 Å². The summed E-state index contributed by atoms with van der Waals surface area (Å²) in [5.41, 5.74) is 5.60. The Morgan fingerprint density at radius 3 is 2.76 bits per heavy atom. The Morgan fingerprint density at radius 2 is 2.00 bits per heavy atom. The van der Waals surface area contributed by atoms with Crippen molar-refractivity contribution >= 4 is 23.4 Å². The smallest absolute Gasteiger partial charge is 0.258 e. The summed E-state index contributed by atoms with van der Waals surface area (Å²) in [5, 5.41) is 4.08. The largest absolute Gasteiger partial charge is 0.487 e. The van der Waals surface area contributed by atoms with Crippen molar-refractivity contribution in [3.05, 3.63) is 92.6 Å². The molecule has 38 heavy (non-hydrogen) atoms. The van der Waals surface area contributed by atoms with E-state index in [9.17, 15) is 4.79 Å². The van der Waals surface area contributed by atoms with Gasteiger partial charge in [0.2, 0.25) is 0 Å². The third kappa shape index (κ3) is 5.71. The number of piperidine rings is 1. The minimum atomic E-state index is -0.0992. The number of benzene rings is 1. The van der Waals surface area contributed by atoms with E-state index in [2.05, 4.69) is 39.5 Å². The van der Waals surface area contributed by atoms with Crippen LogP contribution in [0.1, 0.15) is 41.6 Å². The van der Waals surface area contributed by atoms with Gasteiger partial charge in [-0.05, 0) is 66.6 Å². The lowest BCUT2D eigenvalue weighted by atomic mass is 9.89. The standard InChI is InChI=1S/C30H33ClN4O3/c31-25-4-5-26(33-18-25)20-37-28-7-11-35(29(36)17-28)27-6-3-23-15-22(1-2-24(23)16-27)19-34-12-8-30(9-13-34)21-32-10-14-38-30/h1-2,4-5,7,11,15-18,32H,3,6,8-10,12-14,19-21H2. The first-order valence-electron chi connectivity index (χ1n) is 13.4. The lowest BCUT2D eigenvalue weighted by molar-refractivity contribution is -0.100. The molecule has 8 heteroatoms. The van der Waals surface area contributed by atoms with E-state index in [1.54, 1.807) is 23.0 Å². The lowest BCUT2D eigenvalue weighted by Crippen LogP contribution is -2.55. The van der Waals surface area contributed by atoms with Crippen molar-refractivity contribution in [1.29, 1.82) is 0 Å². The Morgan fingerprint density at radius 1 is 1.11 bits per heavy atom. The van der Waals surface area contributed by atoms with Gasteiger partial charge in [-0.15, -0.1) is 0 Å². The van der Waals surface area contributed by atoms with Gasteiger partial charge in [-0.2, -0.15) is 0 Å². The molecule has 3 aromatic rings. The average molecular weight is 533 g/mol. The molecule has 0 radical (unpaired) electrons. The minimum Gasteiger partial charge on any atom is -0.487 e. The normalized spacial score (nSPS) is 19.1. The van der Waals surface area contributed by atoms with Crippen LogP contribution in [0.15, 0.2) is 59.7 Å². The van der Waals surface area contributed by atoms with Crippen LogP contribution in [-0.2, 0) is 24.3 Å². The van der Waals surface area contributed by atoms with E-state index >= 15 is 0 Å². The number of nitrogens with one attached hydrogen (secondary N) is 1. The van der Waals surface area contributed by atoms with E-state index in [0.717, 1.165) is 76.4 Å². The van der Waals surface area contributed by atoms with Gasteiger partial charge in [0, 0.05) is 56.9 Å². The first-order chi connectivity index (χ1) is 18.6. The molecule has 0 saturated carbocycles. The summed E-state index contributed by atoms with van der Waals surface area (Å²) >= 11 is 5.88. The molecule has 2 aliphatic heterocycles. The highest BCUT2D eigenvalue weighted by molar-refractivity contribution is 6.30. The zero-order valence-corrected chi connectivity index (χ0v) is 22.3. The Labute approximate surface area is 228 Å². The molecule has 0 amide bonds. The number of nitrogens with zero attached hydrogens (tertiary/aromatic N) is 3. The van der Waals surface area contributed by atoms with E-state index < -0.39 is 0 Å². The number of hydrogen-bond donors (Lipinski definition) is 1. The monoisotopic (exact) mass is 532 g/mol. The molecule has 4 heterocycles. The molecule has 1 spiro atoms. The fraction of sp³-hybridized carbons (Fsp3) is 0.400.